The highest BCUT2D eigenvalue weighted by Gasteiger charge is 2.38. The Bertz CT molecular complexity index is 1110. The van der Waals surface area contributed by atoms with Crippen molar-refractivity contribution in [2.75, 3.05) is 0 Å². The van der Waals surface area contributed by atoms with Gasteiger partial charge in [0.25, 0.3) is 0 Å². The Morgan fingerprint density at radius 3 is 2.69 bits per heavy atom. The molecule has 0 unspecified atom stereocenters. The highest BCUT2D eigenvalue weighted by Crippen LogP contribution is 2.34. The van der Waals surface area contributed by atoms with Crippen LogP contribution in [0.25, 0.3) is 27.8 Å². The number of benzene rings is 1. The number of alkyl halides is 3. The number of nitrogens with one attached hydrogen (secondary N) is 1. The molecule has 0 saturated heterocycles. The number of pyridine rings is 1. The third kappa shape index (κ3) is 2.61. The summed E-state index contributed by atoms with van der Waals surface area (Å²) in [5.74, 6) is -0.976. The van der Waals surface area contributed by atoms with Crippen LogP contribution in [-0.2, 0) is 12.6 Å². The molecule has 0 spiro atoms. The largest absolute Gasteiger partial charge is 0.450 e. The van der Waals surface area contributed by atoms with Gasteiger partial charge in [0.2, 0.25) is 5.82 Å². The lowest BCUT2D eigenvalue weighted by Gasteiger charge is -2.13. The van der Waals surface area contributed by atoms with Crippen LogP contribution in [0.3, 0.4) is 0 Å². The van der Waals surface area contributed by atoms with E-state index in [0.29, 0.717) is 11.4 Å². The predicted octanol–water partition coefficient (Wildman–Crippen LogP) is 4.58. The Morgan fingerprint density at radius 1 is 1.15 bits per heavy atom. The van der Waals surface area contributed by atoms with Gasteiger partial charge < -0.3 is 0 Å². The van der Waals surface area contributed by atoms with Crippen molar-refractivity contribution in [3.05, 3.63) is 47.5 Å². The van der Waals surface area contributed by atoms with E-state index in [9.17, 15) is 13.2 Å². The van der Waals surface area contributed by atoms with Gasteiger partial charge in [0.05, 0.1) is 17.4 Å². The zero-order valence-corrected chi connectivity index (χ0v) is 14.2. The molecular formula is C18H16F3N5. The molecule has 0 aliphatic rings. The minimum atomic E-state index is -4.59. The van der Waals surface area contributed by atoms with E-state index in [0.717, 1.165) is 33.9 Å². The average Bonchev–Trinajstić information content (AvgIpc) is 3.18. The van der Waals surface area contributed by atoms with E-state index >= 15 is 0 Å². The zero-order chi connectivity index (χ0) is 18.5. The Balaban J connectivity index is 2.07. The van der Waals surface area contributed by atoms with Crippen molar-refractivity contribution in [3.8, 4) is 5.69 Å². The molecule has 0 aliphatic heterocycles. The Kier molecular flexibility index (Phi) is 3.71. The summed E-state index contributed by atoms with van der Waals surface area (Å²) in [7, 11) is 0. The van der Waals surface area contributed by atoms with Gasteiger partial charge >= 0.3 is 6.18 Å². The van der Waals surface area contributed by atoms with Crippen molar-refractivity contribution in [2.45, 2.75) is 32.9 Å². The van der Waals surface area contributed by atoms with Gasteiger partial charge in [-0.3, -0.25) is 9.67 Å². The van der Waals surface area contributed by atoms with E-state index < -0.39 is 12.0 Å². The van der Waals surface area contributed by atoms with E-state index in [1.807, 2.05) is 6.92 Å². The van der Waals surface area contributed by atoms with Gasteiger partial charge in [0.15, 0.2) is 5.65 Å². The molecule has 0 bridgehead atoms. The second kappa shape index (κ2) is 5.82. The minimum Gasteiger partial charge on any atom is -0.278 e. The third-order valence-electron chi connectivity index (χ3n) is 4.29. The number of nitrogens with zero attached hydrogens (tertiary/aromatic N) is 4. The Morgan fingerprint density at radius 2 is 1.96 bits per heavy atom. The number of hydrogen-bond acceptors (Lipinski definition) is 3. The second-order valence-corrected chi connectivity index (χ2v) is 6.25. The summed E-state index contributed by atoms with van der Waals surface area (Å²) in [4.78, 5) is 8.10. The fraction of sp³-hybridized carbons (Fsp3) is 0.278. The Labute approximate surface area is 146 Å². The number of imidazole rings is 1. The quantitative estimate of drug-likeness (QED) is 0.583. The van der Waals surface area contributed by atoms with Crippen LogP contribution >= 0.6 is 0 Å². The number of aromatic amines is 1. The SMILES string of the molecule is CCCc1cc(-n2c(C(F)(F)F)nc3ccc(C)nc32)cc2cn[nH]c12. The number of fused-ring (bicyclic) bond motifs is 2. The summed E-state index contributed by atoms with van der Waals surface area (Å²) in [6.07, 6.45) is -1.38. The van der Waals surface area contributed by atoms with Gasteiger partial charge in [0, 0.05) is 11.1 Å². The fourth-order valence-electron chi connectivity index (χ4n) is 3.20. The summed E-state index contributed by atoms with van der Waals surface area (Å²) in [5.41, 5.74) is 3.19. The molecule has 0 atom stereocenters. The van der Waals surface area contributed by atoms with Crippen LogP contribution in [0.1, 0.15) is 30.4 Å². The number of rotatable bonds is 3. The monoisotopic (exact) mass is 359 g/mol. The van der Waals surface area contributed by atoms with Crippen LogP contribution < -0.4 is 0 Å². The van der Waals surface area contributed by atoms with Gasteiger partial charge in [-0.25, -0.2) is 9.97 Å². The number of aryl methyl sites for hydroxylation is 2. The maximum atomic E-state index is 13.6. The van der Waals surface area contributed by atoms with Gasteiger partial charge in [-0.2, -0.15) is 18.3 Å². The summed E-state index contributed by atoms with van der Waals surface area (Å²) in [6, 6.07) is 6.65. The van der Waals surface area contributed by atoms with Crippen molar-refractivity contribution in [1.29, 1.82) is 0 Å². The van der Waals surface area contributed by atoms with Crippen molar-refractivity contribution in [3.63, 3.8) is 0 Å². The summed E-state index contributed by atoms with van der Waals surface area (Å²) < 4.78 is 42.0. The number of hydrogen-bond donors (Lipinski definition) is 1. The molecule has 0 aliphatic carbocycles. The first-order valence-electron chi connectivity index (χ1n) is 8.28. The van der Waals surface area contributed by atoms with E-state index in [1.54, 1.807) is 37.4 Å². The molecule has 8 heteroatoms. The molecule has 0 radical (unpaired) electrons. The topological polar surface area (TPSA) is 59.4 Å². The number of H-pyrrole nitrogens is 1. The third-order valence-corrected chi connectivity index (χ3v) is 4.29. The molecule has 4 rings (SSSR count). The lowest BCUT2D eigenvalue weighted by atomic mass is 10.1. The molecule has 26 heavy (non-hydrogen) atoms. The van der Waals surface area contributed by atoms with Gasteiger partial charge in [0.1, 0.15) is 5.52 Å². The van der Waals surface area contributed by atoms with Crippen molar-refractivity contribution >= 4 is 22.1 Å². The van der Waals surface area contributed by atoms with Crippen molar-refractivity contribution < 1.29 is 13.2 Å². The molecule has 4 aromatic rings. The summed E-state index contributed by atoms with van der Waals surface area (Å²) in [5, 5.41) is 7.71. The molecule has 1 N–H and O–H groups in total. The molecule has 1 aromatic carbocycles. The van der Waals surface area contributed by atoms with Crippen molar-refractivity contribution in [2.24, 2.45) is 0 Å². The smallest absolute Gasteiger partial charge is 0.278 e. The summed E-state index contributed by atoms with van der Waals surface area (Å²) in [6.45, 7) is 3.76. The standard InChI is InChI=1S/C18H16F3N5/c1-3-4-11-7-13(8-12-9-22-25-15(11)12)26-16-14(6-5-10(2)23-16)24-17(26)18(19,20)21/h5-9H,3-4H2,1-2H3,(H,22,25). The molecule has 3 aromatic heterocycles. The molecule has 0 saturated carbocycles. The van der Waals surface area contributed by atoms with Gasteiger partial charge in [-0.1, -0.05) is 13.3 Å². The maximum Gasteiger partial charge on any atom is 0.450 e. The highest BCUT2D eigenvalue weighted by molar-refractivity contribution is 5.85. The first kappa shape index (κ1) is 16.6. The highest BCUT2D eigenvalue weighted by atomic mass is 19.4. The normalized spacial score (nSPS) is 12.3. The van der Waals surface area contributed by atoms with Gasteiger partial charge in [-0.05, 0) is 43.2 Å². The minimum absolute atomic E-state index is 0.197. The van der Waals surface area contributed by atoms with Crippen LogP contribution in [0.4, 0.5) is 13.2 Å². The van der Waals surface area contributed by atoms with Crippen LogP contribution in [-0.4, -0.2) is 24.7 Å². The van der Waals surface area contributed by atoms with Crippen LogP contribution in [0.2, 0.25) is 0 Å². The predicted molar refractivity (Wildman–Crippen MR) is 92.3 cm³/mol. The maximum absolute atomic E-state index is 13.6. The number of aromatic nitrogens is 5. The first-order valence-corrected chi connectivity index (χ1v) is 8.28. The van der Waals surface area contributed by atoms with E-state index in [-0.39, 0.29) is 11.2 Å². The molecule has 5 nitrogen and oxygen atoms in total. The summed E-state index contributed by atoms with van der Waals surface area (Å²) >= 11 is 0. The molecular weight excluding hydrogens is 343 g/mol. The van der Waals surface area contributed by atoms with Crippen LogP contribution in [0.15, 0.2) is 30.5 Å². The average molecular weight is 359 g/mol. The lowest BCUT2D eigenvalue weighted by molar-refractivity contribution is -0.145. The zero-order valence-electron chi connectivity index (χ0n) is 14.2. The van der Waals surface area contributed by atoms with Crippen LogP contribution in [0, 0.1) is 6.92 Å². The Hall–Kier alpha value is -2.90. The molecule has 0 fully saturated rings. The van der Waals surface area contributed by atoms with E-state index in [2.05, 4.69) is 20.2 Å². The molecule has 0 amide bonds. The first-order chi connectivity index (χ1) is 12.4. The van der Waals surface area contributed by atoms with Crippen molar-refractivity contribution in [1.82, 2.24) is 24.7 Å². The number of halogens is 3. The van der Waals surface area contributed by atoms with Gasteiger partial charge in [-0.15, -0.1) is 0 Å². The second-order valence-electron chi connectivity index (χ2n) is 6.25. The lowest BCUT2D eigenvalue weighted by Crippen LogP contribution is -2.14. The molecule has 134 valence electrons. The molecule has 3 heterocycles. The fourth-order valence-corrected chi connectivity index (χ4v) is 3.20. The van der Waals surface area contributed by atoms with E-state index in [1.165, 1.54) is 0 Å². The van der Waals surface area contributed by atoms with Crippen LogP contribution in [0.5, 0.6) is 0 Å². The van der Waals surface area contributed by atoms with E-state index in [4.69, 9.17) is 0 Å².